The lowest BCUT2D eigenvalue weighted by molar-refractivity contribution is -0.140. The molecule has 1 atom stereocenters. The Hall–Kier alpha value is -4.06. The van der Waals surface area contributed by atoms with E-state index in [0.29, 0.717) is 33.9 Å². The summed E-state index contributed by atoms with van der Waals surface area (Å²) >= 11 is 12.4. The molecule has 7 nitrogen and oxygen atoms in total. The molecule has 0 radical (unpaired) electrons. The zero-order chi connectivity index (χ0) is 35.8. The van der Waals surface area contributed by atoms with Crippen molar-refractivity contribution in [1.82, 2.24) is 10.2 Å². The van der Waals surface area contributed by atoms with Crippen molar-refractivity contribution in [3.05, 3.63) is 129 Å². The van der Waals surface area contributed by atoms with Gasteiger partial charge in [0.1, 0.15) is 12.6 Å². The fourth-order valence-corrected chi connectivity index (χ4v) is 6.95. The fraction of sp³-hybridized carbons (Fsp3) is 0.278. The Bertz CT molecular complexity index is 1860. The quantitative estimate of drug-likeness (QED) is 0.133. The third-order valence-corrected chi connectivity index (χ3v) is 10.3. The van der Waals surface area contributed by atoms with Gasteiger partial charge in [-0.2, -0.15) is 13.2 Å². The van der Waals surface area contributed by atoms with Gasteiger partial charge in [-0.3, -0.25) is 13.9 Å². The number of nitrogens with zero attached hydrogens (tertiary/aromatic N) is 2. The second-order valence-electron chi connectivity index (χ2n) is 11.4. The normalized spacial score (nSPS) is 12.3. The van der Waals surface area contributed by atoms with E-state index in [-0.39, 0.29) is 17.9 Å². The molecule has 0 fully saturated rings. The van der Waals surface area contributed by atoms with Gasteiger partial charge in [-0.25, -0.2) is 8.42 Å². The van der Waals surface area contributed by atoms with Gasteiger partial charge in [0.25, 0.3) is 10.0 Å². The number of carbonyl (C=O) groups is 2. The Kier molecular flexibility index (Phi) is 12.8. The lowest BCUT2D eigenvalue weighted by atomic mass is 10.0. The maximum Gasteiger partial charge on any atom is 0.417 e. The van der Waals surface area contributed by atoms with E-state index in [0.717, 1.165) is 29.7 Å². The molecule has 0 saturated heterocycles. The summed E-state index contributed by atoms with van der Waals surface area (Å²) in [6, 6.07) is 22.9. The number of alkyl halides is 3. The average Bonchev–Trinajstić information content (AvgIpc) is 3.06. The molecule has 0 aliphatic heterocycles. The van der Waals surface area contributed by atoms with E-state index in [1.165, 1.54) is 29.2 Å². The van der Waals surface area contributed by atoms with Crippen molar-refractivity contribution in [2.24, 2.45) is 0 Å². The van der Waals surface area contributed by atoms with Gasteiger partial charge in [0.2, 0.25) is 11.8 Å². The van der Waals surface area contributed by atoms with Gasteiger partial charge < -0.3 is 10.2 Å². The van der Waals surface area contributed by atoms with Crippen molar-refractivity contribution in [2.45, 2.75) is 56.8 Å². The number of anilines is 1. The molecule has 4 rings (SSSR count). The van der Waals surface area contributed by atoms with Crippen LogP contribution in [0.4, 0.5) is 18.9 Å². The molecule has 0 spiro atoms. The van der Waals surface area contributed by atoms with Crippen LogP contribution >= 0.6 is 23.2 Å². The lowest BCUT2D eigenvalue weighted by Gasteiger charge is -2.34. The van der Waals surface area contributed by atoms with E-state index >= 15 is 0 Å². The van der Waals surface area contributed by atoms with Gasteiger partial charge in [0.15, 0.2) is 0 Å². The minimum atomic E-state index is -4.91. The maximum absolute atomic E-state index is 14.5. The van der Waals surface area contributed by atoms with Crippen LogP contribution < -0.4 is 9.62 Å². The first-order valence-corrected chi connectivity index (χ1v) is 17.7. The van der Waals surface area contributed by atoms with E-state index in [2.05, 4.69) is 5.32 Å². The molecule has 260 valence electrons. The number of aryl methyl sites for hydroxylation is 1. The highest BCUT2D eigenvalue weighted by atomic mass is 35.5. The molecule has 0 aliphatic carbocycles. The molecule has 13 heteroatoms. The number of unbranched alkanes of at least 4 members (excludes halogenated alkanes) is 1. The van der Waals surface area contributed by atoms with Gasteiger partial charge in [-0.05, 0) is 60.9 Å². The molecule has 4 aromatic carbocycles. The van der Waals surface area contributed by atoms with Gasteiger partial charge in [-0.1, -0.05) is 103 Å². The van der Waals surface area contributed by atoms with Crippen LogP contribution in [0.25, 0.3) is 0 Å². The summed E-state index contributed by atoms with van der Waals surface area (Å²) in [5.41, 5.74) is 0.252. The van der Waals surface area contributed by atoms with E-state index < -0.39 is 56.9 Å². The Morgan fingerprint density at radius 2 is 1.53 bits per heavy atom. The van der Waals surface area contributed by atoms with E-state index in [4.69, 9.17) is 23.2 Å². The highest BCUT2D eigenvalue weighted by Gasteiger charge is 2.37. The van der Waals surface area contributed by atoms with Crippen molar-refractivity contribution in [3.63, 3.8) is 0 Å². The molecule has 0 aromatic heterocycles. The summed E-state index contributed by atoms with van der Waals surface area (Å²) in [5.74, 6) is -1.32. The summed E-state index contributed by atoms with van der Waals surface area (Å²) in [4.78, 5) is 29.4. The van der Waals surface area contributed by atoms with Crippen LogP contribution in [0, 0.1) is 6.92 Å². The molecule has 1 N–H and O–H groups in total. The molecule has 0 heterocycles. The van der Waals surface area contributed by atoms with E-state index in [1.54, 1.807) is 55.5 Å². The Morgan fingerprint density at radius 3 is 2.16 bits per heavy atom. The molecule has 0 aliphatic rings. The monoisotopic (exact) mass is 733 g/mol. The highest BCUT2D eigenvalue weighted by Crippen LogP contribution is 2.38. The Labute approximate surface area is 294 Å². The van der Waals surface area contributed by atoms with Crippen LogP contribution in [0.2, 0.25) is 10.0 Å². The summed E-state index contributed by atoms with van der Waals surface area (Å²) < 4.78 is 70.9. The first kappa shape index (κ1) is 37.8. The number of hydrogen-bond donors (Lipinski definition) is 1. The third kappa shape index (κ3) is 9.77. The maximum atomic E-state index is 14.5. The molecular weight excluding hydrogens is 698 g/mol. The molecule has 49 heavy (non-hydrogen) atoms. The van der Waals surface area contributed by atoms with Crippen molar-refractivity contribution in [2.75, 3.05) is 17.4 Å². The van der Waals surface area contributed by atoms with Crippen LogP contribution in [-0.2, 0) is 38.8 Å². The minimum Gasteiger partial charge on any atom is -0.354 e. The van der Waals surface area contributed by atoms with Crippen LogP contribution in [0.5, 0.6) is 0 Å². The second kappa shape index (κ2) is 16.6. The van der Waals surface area contributed by atoms with Gasteiger partial charge in [0, 0.05) is 24.5 Å². The standard InChI is InChI=1S/C36H36Cl2F3N3O4S/c1-3-4-20-42-35(46)33(21-26-10-6-5-7-11-26)43(23-27-12-8-9-13-31(27)37)34(45)24-44(49(47,48)29-17-14-25(2)15-18-29)28-16-19-32(38)30(22-28)36(39,40)41/h5-19,22,33H,3-4,20-21,23-24H2,1-2H3,(H,42,46)/t33-/m0/s1. The first-order valence-electron chi connectivity index (χ1n) is 15.5. The minimum absolute atomic E-state index is 0.0683. The Morgan fingerprint density at radius 1 is 0.878 bits per heavy atom. The third-order valence-electron chi connectivity index (χ3n) is 7.83. The molecule has 0 saturated carbocycles. The van der Waals surface area contributed by atoms with Crippen LogP contribution in [0.3, 0.4) is 0 Å². The van der Waals surface area contributed by atoms with Crippen molar-refractivity contribution >= 4 is 50.7 Å². The van der Waals surface area contributed by atoms with E-state index in [1.807, 2.05) is 13.0 Å². The Balaban J connectivity index is 1.86. The number of benzene rings is 4. The number of nitrogens with one attached hydrogen (secondary N) is 1. The SMILES string of the molecule is CCCCNC(=O)[C@H](Cc1ccccc1)N(Cc1ccccc1Cl)C(=O)CN(c1ccc(Cl)c(C(F)(F)F)c1)S(=O)(=O)c1ccc(C)cc1. The molecule has 4 aromatic rings. The van der Waals surface area contributed by atoms with E-state index in [9.17, 15) is 31.2 Å². The van der Waals surface area contributed by atoms with Gasteiger partial charge in [-0.15, -0.1) is 0 Å². The van der Waals surface area contributed by atoms with Crippen molar-refractivity contribution in [1.29, 1.82) is 0 Å². The number of amides is 2. The van der Waals surface area contributed by atoms with Gasteiger partial charge in [0.05, 0.1) is 21.2 Å². The number of carbonyl (C=O) groups excluding carboxylic acids is 2. The number of halogens is 5. The largest absolute Gasteiger partial charge is 0.417 e. The topological polar surface area (TPSA) is 86.8 Å². The lowest BCUT2D eigenvalue weighted by Crippen LogP contribution is -2.53. The highest BCUT2D eigenvalue weighted by molar-refractivity contribution is 7.92. The second-order valence-corrected chi connectivity index (χ2v) is 14.1. The summed E-state index contributed by atoms with van der Waals surface area (Å²) in [7, 11) is -4.63. The predicted molar refractivity (Wildman–Crippen MR) is 186 cm³/mol. The average molecular weight is 735 g/mol. The molecular formula is C36H36Cl2F3N3O4S. The fourth-order valence-electron chi connectivity index (χ4n) is 5.12. The summed E-state index contributed by atoms with van der Waals surface area (Å²) in [6.45, 7) is 2.92. The smallest absolute Gasteiger partial charge is 0.354 e. The first-order chi connectivity index (χ1) is 23.2. The summed E-state index contributed by atoms with van der Waals surface area (Å²) in [5, 5.41) is 2.55. The number of rotatable bonds is 14. The number of hydrogen-bond acceptors (Lipinski definition) is 4. The van der Waals surface area contributed by atoms with Crippen LogP contribution in [0.15, 0.2) is 102 Å². The summed E-state index contributed by atoms with van der Waals surface area (Å²) in [6.07, 6.45) is -3.36. The molecule has 2 amide bonds. The predicted octanol–water partition coefficient (Wildman–Crippen LogP) is 8.07. The van der Waals surface area contributed by atoms with Crippen molar-refractivity contribution in [3.8, 4) is 0 Å². The zero-order valence-corrected chi connectivity index (χ0v) is 29.2. The molecule has 0 bridgehead atoms. The van der Waals surface area contributed by atoms with Crippen LogP contribution in [-0.4, -0.2) is 44.3 Å². The van der Waals surface area contributed by atoms with Crippen LogP contribution in [0.1, 0.15) is 42.0 Å². The zero-order valence-electron chi connectivity index (χ0n) is 26.9. The van der Waals surface area contributed by atoms with Crippen molar-refractivity contribution < 1.29 is 31.2 Å². The molecule has 0 unspecified atom stereocenters. The van der Waals surface area contributed by atoms with Gasteiger partial charge >= 0.3 is 6.18 Å². The number of sulfonamides is 1.